The molecule has 1 fully saturated rings. The SMILES string of the molecule is Cc1nc(CN2CCN(C(=O)c3cc(F)ccc3F)CC2)cs1. The van der Waals surface area contributed by atoms with Gasteiger partial charge in [0.05, 0.1) is 16.3 Å². The Morgan fingerprint density at radius 1 is 1.26 bits per heavy atom. The van der Waals surface area contributed by atoms with Gasteiger partial charge in [0.15, 0.2) is 0 Å². The number of amides is 1. The number of aryl methyl sites for hydroxylation is 1. The molecule has 0 spiro atoms. The molecule has 0 aliphatic carbocycles. The fourth-order valence-corrected chi connectivity index (χ4v) is 3.25. The molecule has 0 bridgehead atoms. The van der Waals surface area contributed by atoms with Crippen molar-refractivity contribution in [2.45, 2.75) is 13.5 Å². The van der Waals surface area contributed by atoms with Crippen LogP contribution in [0.15, 0.2) is 23.6 Å². The van der Waals surface area contributed by atoms with Crippen molar-refractivity contribution in [3.05, 3.63) is 51.5 Å². The first-order chi connectivity index (χ1) is 11.0. The smallest absolute Gasteiger partial charge is 0.257 e. The molecule has 4 nitrogen and oxygen atoms in total. The van der Waals surface area contributed by atoms with Crippen LogP contribution >= 0.6 is 11.3 Å². The number of carbonyl (C=O) groups is 1. The van der Waals surface area contributed by atoms with Gasteiger partial charge in [0.25, 0.3) is 5.91 Å². The quantitative estimate of drug-likeness (QED) is 0.864. The van der Waals surface area contributed by atoms with Gasteiger partial charge in [-0.05, 0) is 25.1 Å². The largest absolute Gasteiger partial charge is 0.336 e. The first-order valence-electron chi connectivity index (χ1n) is 7.40. The summed E-state index contributed by atoms with van der Waals surface area (Å²) in [6, 6.07) is 2.96. The second-order valence-corrected chi connectivity index (χ2v) is 6.61. The molecule has 23 heavy (non-hydrogen) atoms. The van der Waals surface area contributed by atoms with Gasteiger partial charge in [0, 0.05) is 38.1 Å². The summed E-state index contributed by atoms with van der Waals surface area (Å²) in [6.07, 6.45) is 0. The lowest BCUT2D eigenvalue weighted by Gasteiger charge is -2.34. The minimum atomic E-state index is -0.684. The van der Waals surface area contributed by atoms with E-state index in [1.165, 1.54) is 0 Å². The molecule has 0 unspecified atom stereocenters. The van der Waals surface area contributed by atoms with E-state index in [9.17, 15) is 13.6 Å². The molecule has 1 amide bonds. The molecule has 1 aromatic heterocycles. The normalized spacial score (nSPS) is 15.9. The summed E-state index contributed by atoms with van der Waals surface area (Å²) in [4.78, 5) is 20.5. The second-order valence-electron chi connectivity index (χ2n) is 5.55. The number of nitrogens with zero attached hydrogens (tertiary/aromatic N) is 3. The lowest BCUT2D eigenvalue weighted by atomic mass is 10.1. The van der Waals surface area contributed by atoms with Gasteiger partial charge in [-0.15, -0.1) is 11.3 Å². The number of halogens is 2. The van der Waals surface area contributed by atoms with Crippen LogP contribution in [0.5, 0.6) is 0 Å². The van der Waals surface area contributed by atoms with Crippen molar-refractivity contribution < 1.29 is 13.6 Å². The third kappa shape index (κ3) is 3.73. The Morgan fingerprint density at radius 2 is 2.00 bits per heavy atom. The van der Waals surface area contributed by atoms with Gasteiger partial charge in [0.1, 0.15) is 11.6 Å². The molecular weight excluding hydrogens is 320 g/mol. The average Bonchev–Trinajstić information content (AvgIpc) is 2.95. The summed E-state index contributed by atoms with van der Waals surface area (Å²) in [7, 11) is 0. The highest BCUT2D eigenvalue weighted by Crippen LogP contribution is 2.16. The third-order valence-electron chi connectivity index (χ3n) is 3.87. The molecule has 122 valence electrons. The number of aromatic nitrogens is 1. The van der Waals surface area contributed by atoms with Crippen LogP contribution in [0.2, 0.25) is 0 Å². The van der Waals surface area contributed by atoms with Crippen LogP contribution in [-0.4, -0.2) is 46.9 Å². The van der Waals surface area contributed by atoms with Crippen molar-refractivity contribution in [3.8, 4) is 0 Å². The number of benzene rings is 1. The summed E-state index contributed by atoms with van der Waals surface area (Å²) in [5.74, 6) is -1.74. The number of piperazine rings is 1. The maximum absolute atomic E-state index is 13.7. The van der Waals surface area contributed by atoms with Crippen LogP contribution < -0.4 is 0 Å². The fraction of sp³-hybridized carbons (Fsp3) is 0.375. The third-order valence-corrected chi connectivity index (χ3v) is 4.69. The fourth-order valence-electron chi connectivity index (χ4n) is 2.65. The van der Waals surface area contributed by atoms with Gasteiger partial charge in [0.2, 0.25) is 0 Å². The van der Waals surface area contributed by atoms with Gasteiger partial charge >= 0.3 is 0 Å². The van der Waals surface area contributed by atoms with E-state index in [-0.39, 0.29) is 5.56 Å². The lowest BCUT2D eigenvalue weighted by molar-refractivity contribution is 0.0622. The van der Waals surface area contributed by atoms with E-state index in [1.54, 1.807) is 16.2 Å². The Balaban J connectivity index is 1.60. The number of hydrogen-bond acceptors (Lipinski definition) is 4. The van der Waals surface area contributed by atoms with Crippen LogP contribution in [0.1, 0.15) is 21.1 Å². The molecule has 2 aromatic rings. The number of hydrogen-bond donors (Lipinski definition) is 0. The molecule has 1 aromatic carbocycles. The Morgan fingerprint density at radius 3 is 2.65 bits per heavy atom. The van der Waals surface area contributed by atoms with E-state index in [2.05, 4.69) is 9.88 Å². The van der Waals surface area contributed by atoms with Gasteiger partial charge in [-0.2, -0.15) is 0 Å². The predicted molar refractivity (Wildman–Crippen MR) is 84.4 cm³/mol. The lowest BCUT2D eigenvalue weighted by Crippen LogP contribution is -2.48. The molecule has 1 aliphatic rings. The first-order valence-corrected chi connectivity index (χ1v) is 8.28. The number of thiazole rings is 1. The zero-order chi connectivity index (χ0) is 16.4. The van der Waals surface area contributed by atoms with E-state index in [0.29, 0.717) is 26.2 Å². The molecule has 7 heteroatoms. The zero-order valence-corrected chi connectivity index (χ0v) is 13.6. The Hall–Kier alpha value is -1.86. The van der Waals surface area contributed by atoms with E-state index in [0.717, 1.165) is 35.4 Å². The van der Waals surface area contributed by atoms with Crippen LogP contribution in [0.3, 0.4) is 0 Å². The highest BCUT2D eigenvalue weighted by atomic mass is 32.1. The standard InChI is InChI=1S/C16H17F2N3OS/c1-11-19-13(10-23-11)9-20-4-6-21(7-5-20)16(22)14-8-12(17)2-3-15(14)18/h2-3,8,10H,4-7,9H2,1H3. The average molecular weight is 337 g/mol. The topological polar surface area (TPSA) is 36.4 Å². The molecule has 0 atom stereocenters. The van der Waals surface area contributed by atoms with Crippen LogP contribution in [-0.2, 0) is 6.54 Å². The summed E-state index contributed by atoms with van der Waals surface area (Å²) in [5.41, 5.74) is 0.831. The van der Waals surface area contributed by atoms with Crippen molar-refractivity contribution in [2.24, 2.45) is 0 Å². The van der Waals surface area contributed by atoms with Crippen molar-refractivity contribution in [2.75, 3.05) is 26.2 Å². The first kappa shape index (κ1) is 16.0. The maximum atomic E-state index is 13.7. The van der Waals surface area contributed by atoms with Gasteiger partial charge < -0.3 is 4.90 Å². The van der Waals surface area contributed by atoms with Gasteiger partial charge in [-0.3, -0.25) is 9.69 Å². The van der Waals surface area contributed by atoms with Crippen molar-refractivity contribution in [1.29, 1.82) is 0 Å². The predicted octanol–water partition coefficient (Wildman–Crippen LogP) is 2.69. The molecule has 3 rings (SSSR count). The minimum Gasteiger partial charge on any atom is -0.336 e. The highest BCUT2D eigenvalue weighted by Gasteiger charge is 2.24. The summed E-state index contributed by atoms with van der Waals surface area (Å²) in [6.45, 7) is 5.10. The minimum absolute atomic E-state index is 0.200. The van der Waals surface area contributed by atoms with E-state index < -0.39 is 17.5 Å². The maximum Gasteiger partial charge on any atom is 0.257 e. The monoisotopic (exact) mass is 337 g/mol. The molecule has 0 radical (unpaired) electrons. The number of rotatable bonds is 3. The van der Waals surface area contributed by atoms with Crippen molar-refractivity contribution in [3.63, 3.8) is 0 Å². The molecule has 2 heterocycles. The van der Waals surface area contributed by atoms with Crippen LogP contribution in [0.25, 0.3) is 0 Å². The zero-order valence-electron chi connectivity index (χ0n) is 12.8. The van der Waals surface area contributed by atoms with Crippen LogP contribution in [0, 0.1) is 18.6 Å². The van der Waals surface area contributed by atoms with Crippen molar-refractivity contribution >= 4 is 17.2 Å². The Kier molecular flexibility index (Phi) is 4.68. The molecular formula is C16H17F2N3OS. The van der Waals surface area contributed by atoms with E-state index in [1.807, 2.05) is 12.3 Å². The van der Waals surface area contributed by atoms with Crippen molar-refractivity contribution in [1.82, 2.24) is 14.8 Å². The molecule has 0 N–H and O–H groups in total. The molecule has 1 saturated heterocycles. The Bertz CT molecular complexity index is 711. The summed E-state index contributed by atoms with van der Waals surface area (Å²) in [5, 5.41) is 3.07. The molecule has 1 aliphatic heterocycles. The molecule has 0 saturated carbocycles. The number of carbonyl (C=O) groups excluding carboxylic acids is 1. The van der Waals surface area contributed by atoms with E-state index >= 15 is 0 Å². The van der Waals surface area contributed by atoms with Gasteiger partial charge in [-0.25, -0.2) is 13.8 Å². The summed E-state index contributed by atoms with van der Waals surface area (Å²) < 4.78 is 26.9. The van der Waals surface area contributed by atoms with Gasteiger partial charge in [-0.1, -0.05) is 0 Å². The van der Waals surface area contributed by atoms with Crippen LogP contribution in [0.4, 0.5) is 8.78 Å². The highest BCUT2D eigenvalue weighted by molar-refractivity contribution is 7.09. The second kappa shape index (κ2) is 6.72. The Labute approximate surface area is 137 Å². The summed E-state index contributed by atoms with van der Waals surface area (Å²) >= 11 is 1.62. The van der Waals surface area contributed by atoms with E-state index in [4.69, 9.17) is 0 Å².